The summed E-state index contributed by atoms with van der Waals surface area (Å²) >= 11 is 0. The molecule has 0 amide bonds. The van der Waals surface area contributed by atoms with Gasteiger partial charge in [-0.2, -0.15) is 0 Å². The average Bonchev–Trinajstić information content (AvgIpc) is 2.27. The minimum absolute atomic E-state index is 0.377. The number of carboxylic acids is 1. The van der Waals surface area contributed by atoms with Crippen molar-refractivity contribution in [1.82, 2.24) is 0 Å². The van der Waals surface area contributed by atoms with Crippen LogP contribution >= 0.6 is 0 Å². The number of benzene rings is 2. The highest BCUT2D eigenvalue weighted by Gasteiger charge is 2.12. The van der Waals surface area contributed by atoms with Gasteiger partial charge in [-0.05, 0) is 48.2 Å². The Kier molecular flexibility index (Phi) is 3.06. The molecule has 3 nitrogen and oxygen atoms in total. The van der Waals surface area contributed by atoms with E-state index in [1.807, 2.05) is 50.2 Å². The molecule has 3 N–H and O–H groups in total. The lowest BCUT2D eigenvalue weighted by Gasteiger charge is -2.10. The van der Waals surface area contributed by atoms with Gasteiger partial charge in [0.05, 0.1) is 5.56 Å². The maximum absolute atomic E-state index is 11.1. The van der Waals surface area contributed by atoms with Gasteiger partial charge in [0.1, 0.15) is 0 Å². The van der Waals surface area contributed by atoms with Crippen LogP contribution in [0.3, 0.4) is 0 Å². The zero-order valence-electron chi connectivity index (χ0n) is 10.4. The summed E-state index contributed by atoms with van der Waals surface area (Å²) in [5, 5.41) is 9.13. The van der Waals surface area contributed by atoms with Crippen LogP contribution in [0.2, 0.25) is 0 Å². The van der Waals surface area contributed by atoms with Gasteiger partial charge < -0.3 is 10.8 Å². The summed E-state index contributed by atoms with van der Waals surface area (Å²) in [6, 6.07) is 11.3. The predicted molar refractivity (Wildman–Crippen MR) is 72.7 cm³/mol. The lowest BCUT2D eigenvalue weighted by molar-refractivity contribution is 0.0695. The number of nitrogen functional groups attached to an aromatic ring is 1. The molecule has 0 bridgehead atoms. The highest BCUT2D eigenvalue weighted by molar-refractivity contribution is 5.92. The first kappa shape index (κ1) is 12.2. The van der Waals surface area contributed by atoms with E-state index in [1.54, 1.807) is 0 Å². The first-order valence-corrected chi connectivity index (χ1v) is 5.69. The van der Waals surface area contributed by atoms with Crippen molar-refractivity contribution < 1.29 is 9.90 Å². The number of hydrogen-bond acceptors (Lipinski definition) is 2. The molecular formula is C15H15NO2. The lowest BCUT2D eigenvalue weighted by Crippen LogP contribution is -2.03. The molecule has 2 aromatic carbocycles. The van der Waals surface area contributed by atoms with E-state index in [0.717, 1.165) is 22.3 Å². The van der Waals surface area contributed by atoms with Crippen molar-refractivity contribution in [2.45, 2.75) is 13.8 Å². The lowest BCUT2D eigenvalue weighted by atomic mass is 9.95. The molecule has 2 aromatic rings. The summed E-state index contributed by atoms with van der Waals surface area (Å²) < 4.78 is 0. The first-order valence-electron chi connectivity index (χ1n) is 5.69. The number of rotatable bonds is 2. The highest BCUT2D eigenvalue weighted by Crippen LogP contribution is 2.26. The zero-order chi connectivity index (χ0) is 13.3. The van der Waals surface area contributed by atoms with E-state index in [9.17, 15) is 4.79 Å². The largest absolute Gasteiger partial charge is 0.478 e. The molecule has 0 saturated heterocycles. The Morgan fingerprint density at radius 1 is 1.06 bits per heavy atom. The molecule has 0 radical (unpaired) electrons. The van der Waals surface area contributed by atoms with Crippen LogP contribution in [0.5, 0.6) is 0 Å². The van der Waals surface area contributed by atoms with Gasteiger partial charge in [0.2, 0.25) is 0 Å². The van der Waals surface area contributed by atoms with Gasteiger partial charge >= 0.3 is 5.97 Å². The van der Waals surface area contributed by atoms with Gasteiger partial charge in [0, 0.05) is 5.69 Å². The maximum atomic E-state index is 11.1. The quantitative estimate of drug-likeness (QED) is 0.793. The molecule has 0 spiro atoms. The number of nitrogens with two attached hydrogens (primary N) is 1. The minimum atomic E-state index is -0.885. The molecule has 0 heterocycles. The third-order valence-electron chi connectivity index (χ3n) is 2.97. The molecule has 0 fully saturated rings. The van der Waals surface area contributed by atoms with Gasteiger partial charge in [0.15, 0.2) is 0 Å². The van der Waals surface area contributed by atoms with Crippen LogP contribution in [0.15, 0.2) is 36.4 Å². The molecule has 0 unspecified atom stereocenters. The molecule has 3 heteroatoms. The van der Waals surface area contributed by atoms with Crippen LogP contribution < -0.4 is 5.73 Å². The fraction of sp³-hybridized carbons (Fsp3) is 0.133. The Hall–Kier alpha value is -2.29. The summed E-state index contributed by atoms with van der Waals surface area (Å²) in [5.74, 6) is -0.885. The maximum Gasteiger partial charge on any atom is 0.336 e. The standard InChI is InChI=1S/C15H15NO2/c1-9-6-12(7-10(2)14(9)15(17)18)11-4-3-5-13(16)8-11/h3-8H,16H2,1-2H3,(H,17,18). The van der Waals surface area contributed by atoms with E-state index < -0.39 is 5.97 Å². The van der Waals surface area contributed by atoms with Crippen molar-refractivity contribution in [2.75, 3.05) is 5.73 Å². The Bertz CT molecular complexity index is 595. The predicted octanol–water partition coefficient (Wildman–Crippen LogP) is 3.25. The monoisotopic (exact) mass is 241 g/mol. The van der Waals surface area contributed by atoms with E-state index in [0.29, 0.717) is 11.3 Å². The van der Waals surface area contributed by atoms with Crippen LogP contribution in [-0.2, 0) is 0 Å². The van der Waals surface area contributed by atoms with Crippen molar-refractivity contribution in [2.24, 2.45) is 0 Å². The van der Waals surface area contributed by atoms with Crippen LogP contribution in [0.25, 0.3) is 11.1 Å². The average molecular weight is 241 g/mol. The third kappa shape index (κ3) is 2.20. The summed E-state index contributed by atoms with van der Waals surface area (Å²) in [5.41, 5.74) is 10.3. The van der Waals surface area contributed by atoms with Crippen molar-refractivity contribution in [3.63, 3.8) is 0 Å². The van der Waals surface area contributed by atoms with Crippen LogP contribution in [-0.4, -0.2) is 11.1 Å². The summed E-state index contributed by atoms with van der Waals surface area (Å²) in [4.78, 5) is 11.1. The SMILES string of the molecule is Cc1cc(-c2cccc(N)c2)cc(C)c1C(=O)O. The molecule has 0 atom stereocenters. The second-order valence-corrected chi connectivity index (χ2v) is 4.42. The number of aryl methyl sites for hydroxylation is 2. The number of hydrogen-bond donors (Lipinski definition) is 2. The molecule has 2 rings (SSSR count). The Labute approximate surface area is 106 Å². The molecule has 0 aliphatic heterocycles. The van der Waals surface area contributed by atoms with E-state index >= 15 is 0 Å². The number of aromatic carboxylic acids is 1. The van der Waals surface area contributed by atoms with Crippen molar-refractivity contribution in [3.8, 4) is 11.1 Å². The van der Waals surface area contributed by atoms with Gasteiger partial charge in [-0.1, -0.05) is 24.3 Å². The zero-order valence-corrected chi connectivity index (χ0v) is 10.4. The topological polar surface area (TPSA) is 63.3 Å². The van der Waals surface area contributed by atoms with Gasteiger partial charge in [-0.15, -0.1) is 0 Å². The first-order chi connectivity index (χ1) is 8.49. The molecular weight excluding hydrogens is 226 g/mol. The number of anilines is 1. The van der Waals surface area contributed by atoms with E-state index in [-0.39, 0.29) is 0 Å². The normalized spacial score (nSPS) is 10.3. The molecule has 0 aromatic heterocycles. The van der Waals surface area contributed by atoms with Crippen molar-refractivity contribution in [1.29, 1.82) is 0 Å². The number of carboxylic acid groups (broad SMARTS) is 1. The second kappa shape index (κ2) is 4.53. The number of carbonyl (C=O) groups is 1. The molecule has 18 heavy (non-hydrogen) atoms. The van der Waals surface area contributed by atoms with E-state index in [4.69, 9.17) is 10.8 Å². The Morgan fingerprint density at radius 2 is 1.67 bits per heavy atom. The summed E-state index contributed by atoms with van der Waals surface area (Å²) in [6.07, 6.45) is 0. The van der Waals surface area contributed by atoms with Crippen molar-refractivity contribution >= 4 is 11.7 Å². The molecule has 92 valence electrons. The van der Waals surface area contributed by atoms with Crippen molar-refractivity contribution in [3.05, 3.63) is 53.1 Å². The van der Waals surface area contributed by atoms with Crippen LogP contribution in [0.1, 0.15) is 21.5 Å². The molecule has 0 aliphatic carbocycles. The highest BCUT2D eigenvalue weighted by atomic mass is 16.4. The van der Waals surface area contributed by atoms with Crippen LogP contribution in [0, 0.1) is 13.8 Å². The van der Waals surface area contributed by atoms with E-state index in [2.05, 4.69) is 0 Å². The molecule has 0 aliphatic rings. The van der Waals surface area contributed by atoms with Gasteiger partial charge in [0.25, 0.3) is 0 Å². The minimum Gasteiger partial charge on any atom is -0.478 e. The second-order valence-electron chi connectivity index (χ2n) is 4.42. The van der Waals surface area contributed by atoms with Gasteiger partial charge in [-0.3, -0.25) is 0 Å². The fourth-order valence-electron chi connectivity index (χ4n) is 2.19. The third-order valence-corrected chi connectivity index (χ3v) is 2.97. The summed E-state index contributed by atoms with van der Waals surface area (Å²) in [6.45, 7) is 3.62. The van der Waals surface area contributed by atoms with E-state index in [1.165, 1.54) is 0 Å². The molecule has 0 saturated carbocycles. The summed E-state index contributed by atoms with van der Waals surface area (Å²) in [7, 11) is 0. The smallest absolute Gasteiger partial charge is 0.336 e. The fourth-order valence-corrected chi connectivity index (χ4v) is 2.19. The van der Waals surface area contributed by atoms with Gasteiger partial charge in [-0.25, -0.2) is 4.79 Å². The Balaban J connectivity index is 2.58. The Morgan fingerprint density at radius 3 is 2.17 bits per heavy atom. The van der Waals surface area contributed by atoms with Crippen LogP contribution in [0.4, 0.5) is 5.69 Å².